The average molecular weight is 332 g/mol. The first kappa shape index (κ1) is 17.0. The lowest BCUT2D eigenvalue weighted by atomic mass is 10.2. The molecule has 24 heavy (non-hydrogen) atoms. The third-order valence-electron chi connectivity index (χ3n) is 2.91. The second-order valence-electron chi connectivity index (χ2n) is 5.25. The maximum Gasteiger partial charge on any atom is 0.358 e. The quantitative estimate of drug-likeness (QED) is 0.572. The van der Waals surface area contributed by atoms with Crippen LogP contribution in [0.15, 0.2) is 29.1 Å². The van der Waals surface area contributed by atoms with Crippen LogP contribution < -0.4 is 16.2 Å². The van der Waals surface area contributed by atoms with E-state index >= 15 is 0 Å². The van der Waals surface area contributed by atoms with Crippen molar-refractivity contribution in [3.63, 3.8) is 0 Å². The van der Waals surface area contributed by atoms with Gasteiger partial charge in [-0.3, -0.25) is 4.79 Å². The molecule has 0 saturated carbocycles. The normalized spacial score (nSPS) is 10.5. The lowest BCUT2D eigenvalue weighted by Gasteiger charge is -2.11. The largest absolute Gasteiger partial charge is 0.501 e. The number of aromatic carboxylic acids is 1. The van der Waals surface area contributed by atoms with Crippen molar-refractivity contribution in [3.05, 3.63) is 40.3 Å². The van der Waals surface area contributed by atoms with Gasteiger partial charge in [0.15, 0.2) is 5.69 Å². The Morgan fingerprint density at radius 1 is 1.29 bits per heavy atom. The number of H-pyrrole nitrogens is 1. The minimum atomic E-state index is -1.52. The van der Waals surface area contributed by atoms with Crippen LogP contribution in [0.3, 0.4) is 0 Å². The maximum atomic E-state index is 11.7. The highest BCUT2D eigenvalue weighted by Gasteiger charge is 2.17. The molecule has 9 nitrogen and oxygen atoms in total. The zero-order valence-corrected chi connectivity index (χ0v) is 13.0. The Hall–Kier alpha value is -3.36. The maximum absolute atomic E-state index is 11.7. The van der Waals surface area contributed by atoms with Crippen LogP contribution in [-0.4, -0.2) is 38.2 Å². The topological polar surface area (TPSA) is 144 Å². The van der Waals surface area contributed by atoms with Crippen molar-refractivity contribution in [1.82, 2.24) is 15.3 Å². The molecule has 1 heterocycles. The molecule has 5 N–H and O–H groups in total. The van der Waals surface area contributed by atoms with E-state index in [9.17, 15) is 19.5 Å². The smallest absolute Gasteiger partial charge is 0.358 e. The Bertz CT molecular complexity index is 844. The van der Waals surface area contributed by atoms with Crippen LogP contribution in [0.5, 0.6) is 5.75 Å². The summed E-state index contributed by atoms with van der Waals surface area (Å²) in [4.78, 5) is 40.4. The molecule has 1 aromatic heterocycles. The van der Waals surface area contributed by atoms with Gasteiger partial charge in [0, 0.05) is 17.3 Å². The number of urea groups is 1. The predicted octanol–water partition coefficient (Wildman–Crippen LogP) is 1.37. The van der Waals surface area contributed by atoms with E-state index in [1.54, 1.807) is 18.2 Å². The van der Waals surface area contributed by atoms with Gasteiger partial charge in [0.1, 0.15) is 5.82 Å². The molecule has 0 spiro atoms. The van der Waals surface area contributed by atoms with Gasteiger partial charge in [-0.25, -0.2) is 14.6 Å². The van der Waals surface area contributed by atoms with Gasteiger partial charge in [-0.05, 0) is 26.0 Å². The summed E-state index contributed by atoms with van der Waals surface area (Å²) in [6.45, 7) is 3.63. The number of hydrogen-bond donors (Lipinski definition) is 5. The van der Waals surface area contributed by atoms with Crippen LogP contribution >= 0.6 is 0 Å². The first-order chi connectivity index (χ1) is 11.3. The van der Waals surface area contributed by atoms with E-state index in [1.165, 1.54) is 6.07 Å². The van der Waals surface area contributed by atoms with E-state index in [0.29, 0.717) is 11.3 Å². The van der Waals surface area contributed by atoms with Crippen LogP contribution in [-0.2, 0) is 0 Å². The summed E-state index contributed by atoms with van der Waals surface area (Å²) in [6.07, 6.45) is 0. The molecule has 2 amide bonds. The third kappa shape index (κ3) is 3.88. The molecular formula is C15H16N4O5. The summed E-state index contributed by atoms with van der Waals surface area (Å²) in [5.74, 6) is -2.52. The summed E-state index contributed by atoms with van der Waals surface area (Å²) in [7, 11) is 0. The highest BCUT2D eigenvalue weighted by atomic mass is 16.4. The highest BCUT2D eigenvalue weighted by molar-refractivity contribution is 5.90. The average Bonchev–Trinajstić information content (AvgIpc) is 2.48. The number of carboxylic acid groups (broad SMARTS) is 1. The Balaban J connectivity index is 2.37. The van der Waals surface area contributed by atoms with Crippen molar-refractivity contribution in [2.24, 2.45) is 0 Å². The number of carbonyl (C=O) groups is 2. The van der Waals surface area contributed by atoms with Gasteiger partial charge in [-0.15, -0.1) is 0 Å². The number of hydrogen-bond acceptors (Lipinski definition) is 5. The van der Waals surface area contributed by atoms with Crippen molar-refractivity contribution in [2.75, 3.05) is 5.32 Å². The van der Waals surface area contributed by atoms with Crippen LogP contribution in [0.2, 0.25) is 0 Å². The number of nitrogens with one attached hydrogen (secondary N) is 3. The zero-order valence-electron chi connectivity index (χ0n) is 13.0. The molecule has 9 heteroatoms. The van der Waals surface area contributed by atoms with E-state index < -0.39 is 29.0 Å². The molecule has 0 aliphatic heterocycles. The van der Waals surface area contributed by atoms with E-state index in [1.807, 2.05) is 13.8 Å². The molecular weight excluding hydrogens is 316 g/mol. The number of rotatable bonds is 4. The first-order valence-electron chi connectivity index (χ1n) is 7.02. The fourth-order valence-electron chi connectivity index (χ4n) is 1.93. The fourth-order valence-corrected chi connectivity index (χ4v) is 1.93. The lowest BCUT2D eigenvalue weighted by Crippen LogP contribution is -2.34. The van der Waals surface area contributed by atoms with Gasteiger partial charge in [-0.2, -0.15) is 0 Å². The highest BCUT2D eigenvalue weighted by Crippen LogP contribution is 2.20. The molecule has 0 unspecified atom stereocenters. The van der Waals surface area contributed by atoms with Crippen LogP contribution in [0, 0.1) is 0 Å². The minimum Gasteiger partial charge on any atom is -0.501 e. The Morgan fingerprint density at radius 2 is 2.00 bits per heavy atom. The van der Waals surface area contributed by atoms with E-state index in [0.717, 1.165) is 0 Å². The van der Waals surface area contributed by atoms with Crippen molar-refractivity contribution >= 4 is 17.7 Å². The fraction of sp³-hybridized carbons (Fsp3) is 0.200. The number of aromatic nitrogens is 2. The molecule has 126 valence electrons. The molecule has 0 aliphatic rings. The standard InChI is InChI=1S/C15H16N4O5/c1-7(2)16-15(24)17-9-5-3-4-8(6-9)12-18-10(14(22)23)11(20)13(21)19-12/h3-7,20H,1-2H3,(H,22,23)(H2,16,17,24)(H,18,19,21). The molecule has 0 fully saturated rings. The van der Waals surface area contributed by atoms with Crippen LogP contribution in [0.1, 0.15) is 24.3 Å². The minimum absolute atomic E-state index is 0.0388. The SMILES string of the molecule is CC(C)NC(=O)Nc1cccc(-c2nc(C(=O)O)c(O)c(=O)[nH]2)c1. The summed E-state index contributed by atoms with van der Waals surface area (Å²) in [6, 6.07) is 5.88. The molecule has 0 atom stereocenters. The number of aromatic hydroxyl groups is 1. The predicted molar refractivity (Wildman–Crippen MR) is 86.2 cm³/mol. The molecule has 2 rings (SSSR count). The summed E-state index contributed by atoms with van der Waals surface area (Å²) in [5.41, 5.74) is -0.909. The molecule has 0 aliphatic carbocycles. The number of benzene rings is 1. The van der Waals surface area contributed by atoms with Crippen molar-refractivity contribution in [2.45, 2.75) is 19.9 Å². The second-order valence-corrected chi connectivity index (χ2v) is 5.25. The summed E-state index contributed by atoms with van der Waals surface area (Å²) in [5, 5.41) is 23.7. The summed E-state index contributed by atoms with van der Waals surface area (Å²) < 4.78 is 0. The van der Waals surface area contributed by atoms with Crippen molar-refractivity contribution in [1.29, 1.82) is 0 Å². The number of nitrogens with zero attached hydrogens (tertiary/aromatic N) is 1. The van der Waals surface area contributed by atoms with Gasteiger partial charge >= 0.3 is 12.0 Å². The van der Waals surface area contributed by atoms with Gasteiger partial charge in [-0.1, -0.05) is 12.1 Å². The molecule has 0 radical (unpaired) electrons. The monoisotopic (exact) mass is 332 g/mol. The second kappa shape index (κ2) is 6.82. The molecule has 1 aromatic carbocycles. The van der Waals surface area contributed by atoms with Crippen molar-refractivity contribution in [3.8, 4) is 17.1 Å². The van der Waals surface area contributed by atoms with Gasteiger partial charge in [0.2, 0.25) is 5.75 Å². The Kier molecular flexibility index (Phi) is 4.83. The number of carboxylic acids is 1. The van der Waals surface area contributed by atoms with Gasteiger partial charge in [0.25, 0.3) is 5.56 Å². The lowest BCUT2D eigenvalue weighted by molar-refractivity contribution is 0.0686. The number of aromatic amines is 1. The first-order valence-corrected chi connectivity index (χ1v) is 7.02. The van der Waals surface area contributed by atoms with Gasteiger partial charge < -0.3 is 25.8 Å². The van der Waals surface area contributed by atoms with Crippen molar-refractivity contribution < 1.29 is 19.8 Å². The van der Waals surface area contributed by atoms with E-state index in [-0.39, 0.29) is 11.9 Å². The van der Waals surface area contributed by atoms with Crippen LogP contribution in [0.25, 0.3) is 11.4 Å². The number of anilines is 1. The Labute approximate surface area is 136 Å². The zero-order chi connectivity index (χ0) is 17.9. The Morgan fingerprint density at radius 3 is 2.62 bits per heavy atom. The van der Waals surface area contributed by atoms with Gasteiger partial charge in [0.05, 0.1) is 0 Å². The molecule has 0 saturated heterocycles. The number of amides is 2. The van der Waals surface area contributed by atoms with E-state index in [2.05, 4.69) is 20.6 Å². The third-order valence-corrected chi connectivity index (χ3v) is 2.91. The summed E-state index contributed by atoms with van der Waals surface area (Å²) >= 11 is 0. The van der Waals surface area contributed by atoms with Crippen LogP contribution in [0.4, 0.5) is 10.5 Å². The molecule has 0 bridgehead atoms. The molecule has 2 aromatic rings. The van der Waals surface area contributed by atoms with E-state index in [4.69, 9.17) is 5.11 Å². The number of carbonyl (C=O) groups excluding carboxylic acids is 1.